The summed E-state index contributed by atoms with van der Waals surface area (Å²) in [5.74, 6) is 0.0716. The van der Waals surface area contributed by atoms with Crippen molar-refractivity contribution in [2.24, 2.45) is 0 Å². The van der Waals surface area contributed by atoms with Gasteiger partial charge in [0, 0.05) is 12.1 Å². The van der Waals surface area contributed by atoms with Gasteiger partial charge in [0.15, 0.2) is 0 Å². The molecule has 1 aromatic rings. The summed E-state index contributed by atoms with van der Waals surface area (Å²) in [6.07, 6.45) is 3.26. The van der Waals surface area contributed by atoms with Crippen molar-refractivity contribution in [1.29, 1.82) is 5.26 Å². The van der Waals surface area contributed by atoms with Gasteiger partial charge in [-0.2, -0.15) is 5.26 Å². The van der Waals surface area contributed by atoms with Gasteiger partial charge in [-0.3, -0.25) is 10.1 Å². The highest BCUT2D eigenvalue weighted by molar-refractivity contribution is 5.56. The monoisotopic (exact) mass is 261 g/mol. The van der Waals surface area contributed by atoms with Crippen LogP contribution in [-0.4, -0.2) is 24.1 Å². The molecule has 6 nitrogen and oxygen atoms in total. The van der Waals surface area contributed by atoms with Gasteiger partial charge in [-0.1, -0.05) is 12.5 Å². The molecule has 2 rings (SSSR count). The van der Waals surface area contributed by atoms with Crippen molar-refractivity contribution in [3.63, 3.8) is 0 Å². The zero-order valence-corrected chi connectivity index (χ0v) is 10.5. The molecule has 0 spiro atoms. The normalized spacial score (nSPS) is 18.6. The van der Waals surface area contributed by atoms with Crippen LogP contribution in [0, 0.1) is 21.4 Å². The van der Waals surface area contributed by atoms with E-state index >= 15 is 0 Å². The number of hydrogen-bond acceptors (Lipinski definition) is 5. The van der Waals surface area contributed by atoms with Crippen LogP contribution in [0.1, 0.15) is 24.8 Å². The van der Waals surface area contributed by atoms with Crippen LogP contribution in [-0.2, 0) is 0 Å². The third kappa shape index (κ3) is 3.20. The smallest absolute Gasteiger partial charge is 0.312 e. The second kappa shape index (κ2) is 6.16. The molecule has 1 N–H and O–H groups in total. The molecule has 1 aliphatic rings. The van der Waals surface area contributed by atoms with E-state index in [-0.39, 0.29) is 23.0 Å². The maximum Gasteiger partial charge on any atom is 0.312 e. The molecule has 1 heterocycles. The van der Waals surface area contributed by atoms with Gasteiger partial charge in [-0.25, -0.2) is 0 Å². The Bertz CT molecular complexity index is 504. The number of nitriles is 1. The fraction of sp³-hybridized carbons (Fsp3) is 0.462. The third-order valence-corrected chi connectivity index (χ3v) is 3.15. The maximum absolute atomic E-state index is 10.9. The van der Waals surface area contributed by atoms with E-state index in [4.69, 9.17) is 10.00 Å². The van der Waals surface area contributed by atoms with Gasteiger partial charge in [-0.15, -0.1) is 0 Å². The molecule has 1 unspecified atom stereocenters. The van der Waals surface area contributed by atoms with E-state index in [2.05, 4.69) is 5.32 Å². The fourth-order valence-electron chi connectivity index (χ4n) is 2.16. The Kier molecular flexibility index (Phi) is 4.31. The molecule has 1 aromatic carbocycles. The number of benzene rings is 1. The number of nitro groups is 1. The minimum atomic E-state index is -0.523. The summed E-state index contributed by atoms with van der Waals surface area (Å²) in [5.41, 5.74) is 0.0415. The van der Waals surface area contributed by atoms with E-state index in [1.165, 1.54) is 18.2 Å². The topological polar surface area (TPSA) is 88.2 Å². The van der Waals surface area contributed by atoms with Crippen molar-refractivity contribution in [2.45, 2.75) is 25.3 Å². The number of ether oxygens (including phenoxy) is 1. The van der Waals surface area contributed by atoms with Gasteiger partial charge < -0.3 is 10.1 Å². The first-order valence-electron chi connectivity index (χ1n) is 6.26. The van der Waals surface area contributed by atoms with Crippen LogP contribution in [0.5, 0.6) is 5.75 Å². The standard InChI is InChI=1S/C13H15N3O3/c14-8-10-4-3-6-12(16(17)18)13(10)19-9-11-5-1-2-7-15-11/h3-4,6,11,15H,1-2,5,7,9H2. The van der Waals surface area contributed by atoms with Gasteiger partial charge in [0.1, 0.15) is 18.2 Å². The van der Waals surface area contributed by atoms with Crippen molar-refractivity contribution in [1.82, 2.24) is 5.32 Å². The minimum Gasteiger partial charge on any atom is -0.484 e. The molecular weight excluding hydrogens is 246 g/mol. The zero-order chi connectivity index (χ0) is 13.7. The van der Waals surface area contributed by atoms with Crippen LogP contribution >= 0.6 is 0 Å². The molecule has 0 bridgehead atoms. The van der Waals surface area contributed by atoms with Gasteiger partial charge in [-0.05, 0) is 25.5 Å². The number of rotatable bonds is 4. The summed E-state index contributed by atoms with van der Waals surface area (Å²) >= 11 is 0. The molecule has 100 valence electrons. The molecule has 19 heavy (non-hydrogen) atoms. The Morgan fingerprint density at radius 1 is 1.53 bits per heavy atom. The summed E-state index contributed by atoms with van der Waals surface area (Å²) in [4.78, 5) is 10.4. The molecule has 0 aromatic heterocycles. The Morgan fingerprint density at radius 3 is 3.00 bits per heavy atom. The number of para-hydroxylation sites is 1. The van der Waals surface area contributed by atoms with Gasteiger partial charge >= 0.3 is 5.69 Å². The first-order chi connectivity index (χ1) is 9.22. The van der Waals surface area contributed by atoms with Crippen molar-refractivity contribution < 1.29 is 9.66 Å². The average molecular weight is 261 g/mol. The quantitative estimate of drug-likeness (QED) is 0.661. The van der Waals surface area contributed by atoms with Crippen molar-refractivity contribution in [3.05, 3.63) is 33.9 Å². The van der Waals surface area contributed by atoms with Gasteiger partial charge in [0.05, 0.1) is 4.92 Å². The number of piperidine rings is 1. The van der Waals surface area contributed by atoms with Gasteiger partial charge in [0.25, 0.3) is 0 Å². The predicted molar refractivity (Wildman–Crippen MR) is 68.9 cm³/mol. The van der Waals surface area contributed by atoms with E-state index in [9.17, 15) is 10.1 Å². The molecule has 0 aliphatic carbocycles. The van der Waals surface area contributed by atoms with Crippen LogP contribution in [0.15, 0.2) is 18.2 Å². The fourth-order valence-corrected chi connectivity index (χ4v) is 2.16. The SMILES string of the molecule is N#Cc1cccc([N+](=O)[O-])c1OCC1CCCCN1. The Hall–Kier alpha value is -2.13. The minimum absolute atomic E-state index is 0.0716. The average Bonchev–Trinajstić information content (AvgIpc) is 2.45. The van der Waals surface area contributed by atoms with Crippen LogP contribution in [0.25, 0.3) is 0 Å². The van der Waals surface area contributed by atoms with Crippen molar-refractivity contribution in [3.8, 4) is 11.8 Å². The Morgan fingerprint density at radius 2 is 2.37 bits per heavy atom. The first-order valence-corrected chi connectivity index (χ1v) is 6.26. The molecule has 1 saturated heterocycles. The predicted octanol–water partition coefficient (Wildman–Crippen LogP) is 1.99. The van der Waals surface area contributed by atoms with Gasteiger partial charge in [0.2, 0.25) is 5.75 Å². The van der Waals surface area contributed by atoms with Crippen molar-refractivity contribution in [2.75, 3.05) is 13.2 Å². The lowest BCUT2D eigenvalue weighted by Gasteiger charge is -2.23. The molecule has 6 heteroatoms. The summed E-state index contributed by atoms with van der Waals surface area (Å²) < 4.78 is 5.53. The lowest BCUT2D eigenvalue weighted by molar-refractivity contribution is -0.385. The zero-order valence-electron chi connectivity index (χ0n) is 10.5. The summed E-state index contributed by atoms with van der Waals surface area (Å²) in [5, 5.41) is 23.2. The molecule has 1 atom stereocenters. The maximum atomic E-state index is 10.9. The lowest BCUT2D eigenvalue weighted by Crippen LogP contribution is -2.38. The van der Waals surface area contributed by atoms with Crippen LogP contribution < -0.4 is 10.1 Å². The molecule has 0 amide bonds. The van der Waals surface area contributed by atoms with E-state index in [1.54, 1.807) is 0 Å². The van der Waals surface area contributed by atoms with E-state index in [0.717, 1.165) is 25.8 Å². The highest BCUT2D eigenvalue weighted by Gasteiger charge is 2.21. The van der Waals surface area contributed by atoms with E-state index in [0.29, 0.717) is 6.61 Å². The summed E-state index contributed by atoms with van der Waals surface area (Å²) in [6, 6.07) is 6.49. The molecule has 1 fully saturated rings. The summed E-state index contributed by atoms with van der Waals surface area (Å²) in [7, 11) is 0. The molecule has 0 saturated carbocycles. The molecule has 1 aliphatic heterocycles. The second-order valence-electron chi connectivity index (χ2n) is 4.48. The van der Waals surface area contributed by atoms with E-state index < -0.39 is 4.92 Å². The number of nitrogens with zero attached hydrogens (tertiary/aromatic N) is 2. The van der Waals surface area contributed by atoms with Crippen LogP contribution in [0.4, 0.5) is 5.69 Å². The number of nitrogens with one attached hydrogen (secondary N) is 1. The molecular formula is C13H15N3O3. The Balaban J connectivity index is 2.13. The first kappa shape index (κ1) is 13.3. The number of nitro benzene ring substituents is 1. The third-order valence-electron chi connectivity index (χ3n) is 3.15. The highest BCUT2D eigenvalue weighted by Crippen LogP contribution is 2.30. The largest absolute Gasteiger partial charge is 0.484 e. The van der Waals surface area contributed by atoms with Crippen LogP contribution in [0.2, 0.25) is 0 Å². The molecule has 0 radical (unpaired) electrons. The van der Waals surface area contributed by atoms with Crippen molar-refractivity contribution >= 4 is 5.69 Å². The van der Waals surface area contributed by atoms with Crippen LogP contribution in [0.3, 0.4) is 0 Å². The summed E-state index contributed by atoms with van der Waals surface area (Å²) in [6.45, 7) is 1.29. The van der Waals surface area contributed by atoms with E-state index in [1.807, 2.05) is 6.07 Å². The Labute approximate surface area is 111 Å². The second-order valence-corrected chi connectivity index (χ2v) is 4.48. The lowest BCUT2D eigenvalue weighted by atomic mass is 10.1. The highest BCUT2D eigenvalue weighted by atomic mass is 16.6. The number of hydrogen-bond donors (Lipinski definition) is 1.